The minimum absolute atomic E-state index is 0.0867. The first-order chi connectivity index (χ1) is 9.31. The van der Waals surface area contributed by atoms with Crippen LogP contribution >= 0.6 is 11.6 Å². The number of halogens is 1. The van der Waals surface area contributed by atoms with Crippen LogP contribution in [-0.2, 0) is 16.6 Å². The number of aryl methyl sites for hydroxylation is 2. The number of hydrogen-bond acceptors (Lipinski definition) is 3. The molecule has 0 saturated heterocycles. The number of alkyl halides is 1. The molecule has 0 fully saturated rings. The van der Waals surface area contributed by atoms with Crippen molar-refractivity contribution in [2.75, 3.05) is 5.88 Å². The van der Waals surface area contributed by atoms with E-state index in [-0.39, 0.29) is 17.0 Å². The van der Waals surface area contributed by atoms with Gasteiger partial charge >= 0.3 is 0 Å². The highest BCUT2D eigenvalue weighted by atomic mass is 35.5. The molecule has 0 bridgehead atoms. The summed E-state index contributed by atoms with van der Waals surface area (Å²) in [5.74, 6) is 1.32. The van der Waals surface area contributed by atoms with Gasteiger partial charge in [-0.3, -0.25) is 0 Å². The van der Waals surface area contributed by atoms with E-state index in [9.17, 15) is 8.42 Å². The number of rotatable bonds is 8. The van der Waals surface area contributed by atoms with Gasteiger partial charge < -0.3 is 4.57 Å². The van der Waals surface area contributed by atoms with Gasteiger partial charge in [0.25, 0.3) is 10.0 Å². The molecule has 0 aliphatic carbocycles. The van der Waals surface area contributed by atoms with E-state index in [4.69, 9.17) is 11.6 Å². The summed E-state index contributed by atoms with van der Waals surface area (Å²) in [6.45, 7) is 8.57. The fraction of sp³-hybridized carbons (Fsp3) is 0.769. The van der Waals surface area contributed by atoms with E-state index in [1.54, 1.807) is 6.20 Å². The molecule has 0 aromatic carbocycles. The number of aromatic nitrogens is 2. The second-order valence-electron chi connectivity index (χ2n) is 5.27. The minimum atomic E-state index is -3.59. The van der Waals surface area contributed by atoms with Gasteiger partial charge in [0, 0.05) is 24.7 Å². The molecule has 1 N–H and O–H groups in total. The molecule has 5 nitrogen and oxygen atoms in total. The minimum Gasteiger partial charge on any atom is -0.334 e. The molecule has 1 aromatic rings. The van der Waals surface area contributed by atoms with E-state index in [2.05, 4.69) is 9.71 Å². The standard InChI is InChI=1S/C13H24ClN3O2S/c1-5-8-17-9-13(15-11(17)4)20(18,19)16-12(6-7-14)10(2)3/h9-10,12,16H,5-8H2,1-4H3. The summed E-state index contributed by atoms with van der Waals surface area (Å²) in [5, 5.41) is 0.0867. The Hall–Kier alpha value is -0.590. The topological polar surface area (TPSA) is 64.0 Å². The first-order valence-electron chi connectivity index (χ1n) is 6.93. The van der Waals surface area contributed by atoms with Gasteiger partial charge in [-0.2, -0.15) is 0 Å². The van der Waals surface area contributed by atoms with Crippen LogP contribution in [0.2, 0.25) is 0 Å². The van der Waals surface area contributed by atoms with Crippen LogP contribution in [0.25, 0.3) is 0 Å². The first-order valence-corrected chi connectivity index (χ1v) is 8.95. The molecule has 1 aromatic heterocycles. The number of imidazole rings is 1. The van der Waals surface area contributed by atoms with Crippen molar-refractivity contribution in [1.82, 2.24) is 14.3 Å². The van der Waals surface area contributed by atoms with Crippen LogP contribution in [0.4, 0.5) is 0 Å². The molecule has 1 atom stereocenters. The predicted molar refractivity (Wildman–Crippen MR) is 81.5 cm³/mol. The zero-order valence-electron chi connectivity index (χ0n) is 12.6. The van der Waals surface area contributed by atoms with Gasteiger partial charge in [-0.05, 0) is 25.7 Å². The monoisotopic (exact) mass is 321 g/mol. The third kappa shape index (κ3) is 4.46. The van der Waals surface area contributed by atoms with Crippen LogP contribution in [0.1, 0.15) is 39.4 Å². The molecular weight excluding hydrogens is 298 g/mol. The summed E-state index contributed by atoms with van der Waals surface area (Å²) in [4.78, 5) is 4.15. The van der Waals surface area contributed by atoms with Crippen LogP contribution in [-0.4, -0.2) is 29.9 Å². The van der Waals surface area contributed by atoms with Gasteiger partial charge in [0.05, 0.1) is 0 Å². The van der Waals surface area contributed by atoms with E-state index in [0.717, 1.165) is 13.0 Å². The molecule has 1 unspecified atom stereocenters. The van der Waals surface area contributed by atoms with E-state index in [1.807, 2.05) is 32.3 Å². The maximum atomic E-state index is 12.4. The van der Waals surface area contributed by atoms with Crippen molar-refractivity contribution in [3.05, 3.63) is 12.0 Å². The van der Waals surface area contributed by atoms with Gasteiger partial charge in [-0.15, -0.1) is 11.6 Å². The fourth-order valence-electron chi connectivity index (χ4n) is 1.98. The normalized spacial score (nSPS) is 13.9. The molecule has 0 spiro atoms. The molecule has 0 saturated carbocycles. The highest BCUT2D eigenvalue weighted by Crippen LogP contribution is 2.14. The largest absolute Gasteiger partial charge is 0.334 e. The lowest BCUT2D eigenvalue weighted by atomic mass is 10.0. The van der Waals surface area contributed by atoms with E-state index < -0.39 is 10.0 Å². The third-order valence-corrected chi connectivity index (χ3v) is 4.80. The van der Waals surface area contributed by atoms with Crippen molar-refractivity contribution >= 4 is 21.6 Å². The maximum absolute atomic E-state index is 12.4. The number of nitrogens with one attached hydrogen (secondary N) is 1. The van der Waals surface area contributed by atoms with Crippen LogP contribution in [0.5, 0.6) is 0 Å². The molecule has 1 heterocycles. The van der Waals surface area contributed by atoms with Crippen LogP contribution < -0.4 is 4.72 Å². The molecule has 0 amide bonds. The highest BCUT2D eigenvalue weighted by molar-refractivity contribution is 7.89. The summed E-state index contributed by atoms with van der Waals surface area (Å²) in [5.41, 5.74) is 0. The lowest BCUT2D eigenvalue weighted by molar-refractivity contribution is 0.438. The number of hydrogen-bond donors (Lipinski definition) is 1. The van der Waals surface area contributed by atoms with Gasteiger partial charge in [-0.25, -0.2) is 18.1 Å². The molecule has 0 aliphatic rings. The average molecular weight is 322 g/mol. The Bertz CT molecular complexity index is 526. The molecule has 20 heavy (non-hydrogen) atoms. The molecule has 0 aliphatic heterocycles. The Morgan fingerprint density at radius 2 is 2.10 bits per heavy atom. The third-order valence-electron chi connectivity index (χ3n) is 3.23. The summed E-state index contributed by atoms with van der Waals surface area (Å²) >= 11 is 5.73. The lowest BCUT2D eigenvalue weighted by Crippen LogP contribution is -2.39. The second-order valence-corrected chi connectivity index (χ2v) is 7.31. The van der Waals surface area contributed by atoms with Crippen LogP contribution in [0.3, 0.4) is 0 Å². The zero-order valence-corrected chi connectivity index (χ0v) is 14.1. The molecule has 7 heteroatoms. The van der Waals surface area contributed by atoms with Crippen molar-refractivity contribution in [3.63, 3.8) is 0 Å². The Labute approximate surface area is 126 Å². The Morgan fingerprint density at radius 1 is 1.45 bits per heavy atom. The number of sulfonamides is 1. The zero-order chi connectivity index (χ0) is 15.3. The van der Waals surface area contributed by atoms with Crippen molar-refractivity contribution in [1.29, 1.82) is 0 Å². The summed E-state index contributed by atoms with van der Waals surface area (Å²) < 4.78 is 29.3. The second kappa shape index (κ2) is 7.43. The lowest BCUT2D eigenvalue weighted by Gasteiger charge is -2.20. The molecular formula is C13H24ClN3O2S. The highest BCUT2D eigenvalue weighted by Gasteiger charge is 2.24. The molecule has 0 radical (unpaired) electrons. The van der Waals surface area contributed by atoms with Crippen LogP contribution in [0, 0.1) is 12.8 Å². The Morgan fingerprint density at radius 3 is 2.60 bits per heavy atom. The summed E-state index contributed by atoms with van der Waals surface area (Å²) in [7, 11) is -3.59. The van der Waals surface area contributed by atoms with E-state index in [1.165, 1.54) is 0 Å². The maximum Gasteiger partial charge on any atom is 0.259 e. The van der Waals surface area contributed by atoms with Crippen molar-refractivity contribution in [2.45, 2.75) is 58.1 Å². The Kier molecular flexibility index (Phi) is 6.48. The van der Waals surface area contributed by atoms with Crippen molar-refractivity contribution in [3.8, 4) is 0 Å². The van der Waals surface area contributed by atoms with Crippen molar-refractivity contribution < 1.29 is 8.42 Å². The van der Waals surface area contributed by atoms with Gasteiger partial charge in [-0.1, -0.05) is 20.8 Å². The van der Waals surface area contributed by atoms with E-state index in [0.29, 0.717) is 18.1 Å². The summed E-state index contributed by atoms with van der Waals surface area (Å²) in [6.07, 6.45) is 3.14. The van der Waals surface area contributed by atoms with Gasteiger partial charge in [0.1, 0.15) is 5.82 Å². The smallest absolute Gasteiger partial charge is 0.259 e. The molecule has 1 rings (SSSR count). The van der Waals surface area contributed by atoms with E-state index >= 15 is 0 Å². The molecule has 116 valence electrons. The van der Waals surface area contributed by atoms with Gasteiger partial charge in [0.2, 0.25) is 0 Å². The first kappa shape index (κ1) is 17.5. The Balaban J connectivity index is 2.95. The SMILES string of the molecule is CCCn1cc(S(=O)(=O)NC(CCCl)C(C)C)nc1C. The predicted octanol–water partition coefficient (Wildman–Crippen LogP) is 2.53. The van der Waals surface area contributed by atoms with Crippen molar-refractivity contribution in [2.24, 2.45) is 5.92 Å². The summed E-state index contributed by atoms with van der Waals surface area (Å²) in [6, 6.07) is -0.172. The number of nitrogens with zero attached hydrogens (tertiary/aromatic N) is 2. The quantitative estimate of drug-likeness (QED) is 0.748. The van der Waals surface area contributed by atoms with Crippen LogP contribution in [0.15, 0.2) is 11.2 Å². The van der Waals surface area contributed by atoms with Gasteiger partial charge in [0.15, 0.2) is 5.03 Å². The fourth-order valence-corrected chi connectivity index (χ4v) is 3.64. The average Bonchev–Trinajstić information content (AvgIpc) is 2.71.